The Morgan fingerprint density at radius 3 is 2.25 bits per heavy atom. The van der Waals surface area contributed by atoms with Gasteiger partial charge >= 0.3 is 18.5 Å². The van der Waals surface area contributed by atoms with Crippen LogP contribution in [0.3, 0.4) is 0 Å². The third-order valence-electron chi connectivity index (χ3n) is 5.05. The largest absolute Gasteiger partial charge is 0.417 e. The number of rotatable bonds is 7. The molecular formula is C22H18F9N3O2. The van der Waals surface area contributed by atoms with E-state index in [-0.39, 0.29) is 12.1 Å². The topological polar surface area (TPSA) is 74.2 Å². The number of benzene rings is 1. The molecule has 196 valence electrons. The number of nitrogens with one attached hydrogen (secondary N) is 2. The lowest BCUT2D eigenvalue weighted by Crippen LogP contribution is -2.39. The Morgan fingerprint density at radius 2 is 1.69 bits per heavy atom. The molecule has 0 radical (unpaired) electrons. The predicted molar refractivity (Wildman–Crippen MR) is 108 cm³/mol. The minimum atomic E-state index is -5.13. The average molecular weight is 527 g/mol. The van der Waals surface area contributed by atoms with Gasteiger partial charge in [0.05, 0.1) is 22.4 Å². The molecule has 1 aromatic carbocycles. The predicted octanol–water partition coefficient (Wildman–Crippen LogP) is 5.24. The molecule has 0 aliphatic heterocycles. The summed E-state index contributed by atoms with van der Waals surface area (Å²) in [5.74, 6) is -0.983. The third kappa shape index (κ3) is 7.20. The van der Waals surface area contributed by atoms with Gasteiger partial charge in [-0.3, -0.25) is 15.1 Å². The van der Waals surface area contributed by atoms with Crippen LogP contribution in [-0.2, 0) is 12.4 Å². The molecule has 0 saturated heterocycles. The number of aromatic nitrogens is 1. The van der Waals surface area contributed by atoms with Gasteiger partial charge in [-0.15, -0.1) is 0 Å². The number of carbonyl (C=O) groups is 1. The molecule has 1 aliphatic rings. The van der Waals surface area contributed by atoms with Gasteiger partial charge in [0.15, 0.2) is 0 Å². The second kappa shape index (κ2) is 10.1. The van der Waals surface area contributed by atoms with Crippen molar-refractivity contribution in [3.05, 3.63) is 70.6 Å². The van der Waals surface area contributed by atoms with Crippen molar-refractivity contribution in [1.82, 2.24) is 15.6 Å². The van der Waals surface area contributed by atoms with Gasteiger partial charge < -0.3 is 10.4 Å². The molecule has 3 N–H and O–H groups in total. The Kier molecular flexibility index (Phi) is 7.69. The van der Waals surface area contributed by atoms with Crippen LogP contribution in [0.2, 0.25) is 0 Å². The molecule has 2 aromatic rings. The molecule has 0 spiro atoms. The number of hydrogen-bond donors (Lipinski definition) is 3. The molecule has 14 heteroatoms. The molecule has 1 aliphatic carbocycles. The second-order valence-corrected chi connectivity index (χ2v) is 7.97. The molecule has 2 unspecified atom stereocenters. The summed E-state index contributed by atoms with van der Waals surface area (Å²) >= 11 is 0. The van der Waals surface area contributed by atoms with Crippen molar-refractivity contribution in [3.8, 4) is 0 Å². The van der Waals surface area contributed by atoms with Crippen molar-refractivity contribution >= 4 is 12.0 Å². The standard InChI is InChI=1S/C22H18F9N3O2/c23-20(24,25)12-3-1-2-11(8-12)18(22(29,30)31)34-17(35)7-6-14-9-16(21(26,27)28)15(10-32-14)19(36)33-13-4-5-13/h1-3,6-10,13,17-18,34-35H,4-5H2,(H,33,36). The number of aliphatic hydroxyl groups is 1. The van der Waals surface area contributed by atoms with Crippen LogP contribution < -0.4 is 10.6 Å². The van der Waals surface area contributed by atoms with Gasteiger partial charge in [-0.1, -0.05) is 12.1 Å². The highest BCUT2D eigenvalue weighted by Crippen LogP contribution is 2.37. The van der Waals surface area contributed by atoms with Gasteiger partial charge in [0.1, 0.15) is 12.3 Å². The summed E-state index contributed by atoms with van der Waals surface area (Å²) < 4.78 is 120. The summed E-state index contributed by atoms with van der Waals surface area (Å²) in [5, 5.41) is 14.1. The van der Waals surface area contributed by atoms with E-state index in [1.807, 2.05) is 0 Å². The van der Waals surface area contributed by atoms with Gasteiger partial charge in [0, 0.05) is 12.2 Å². The zero-order valence-electron chi connectivity index (χ0n) is 18.0. The van der Waals surface area contributed by atoms with E-state index < -0.39 is 64.7 Å². The molecule has 0 bridgehead atoms. The molecule has 1 heterocycles. The smallest absolute Gasteiger partial charge is 0.375 e. The number of carbonyl (C=O) groups excluding carboxylic acids is 1. The average Bonchev–Trinajstić information content (AvgIpc) is 3.58. The van der Waals surface area contributed by atoms with E-state index in [1.165, 1.54) is 0 Å². The van der Waals surface area contributed by atoms with E-state index >= 15 is 0 Å². The van der Waals surface area contributed by atoms with E-state index in [0.717, 1.165) is 18.2 Å². The van der Waals surface area contributed by atoms with Gasteiger partial charge in [0.2, 0.25) is 0 Å². The molecular weight excluding hydrogens is 509 g/mol. The Labute approximate surface area is 198 Å². The second-order valence-electron chi connectivity index (χ2n) is 7.97. The van der Waals surface area contributed by atoms with Crippen LogP contribution in [0, 0.1) is 0 Å². The normalized spacial score (nSPS) is 16.7. The Bertz CT molecular complexity index is 1120. The molecule has 1 amide bonds. The van der Waals surface area contributed by atoms with Gasteiger partial charge in [-0.05, 0) is 48.8 Å². The first-order valence-electron chi connectivity index (χ1n) is 10.3. The number of amides is 1. The van der Waals surface area contributed by atoms with E-state index in [9.17, 15) is 49.4 Å². The number of nitrogens with zero attached hydrogens (tertiary/aromatic N) is 1. The summed E-state index contributed by atoms with van der Waals surface area (Å²) in [6.45, 7) is 0. The van der Waals surface area contributed by atoms with E-state index in [1.54, 1.807) is 5.32 Å². The molecule has 2 atom stereocenters. The SMILES string of the molecule is O=C(NC1CC1)c1cnc(C=CC(O)NC(c2cccc(C(F)(F)F)c2)C(F)(F)F)cc1C(F)(F)F. The van der Waals surface area contributed by atoms with E-state index in [2.05, 4.69) is 10.3 Å². The maximum atomic E-state index is 13.5. The van der Waals surface area contributed by atoms with Crippen LogP contribution in [0.1, 0.15) is 51.6 Å². The number of hydrogen-bond acceptors (Lipinski definition) is 4. The van der Waals surface area contributed by atoms with Crippen molar-refractivity contribution in [2.45, 2.75) is 49.7 Å². The van der Waals surface area contributed by atoms with Crippen LogP contribution in [0.4, 0.5) is 39.5 Å². The minimum absolute atomic E-state index is 0.224. The summed E-state index contributed by atoms with van der Waals surface area (Å²) in [6.07, 6.45) is -13.8. The van der Waals surface area contributed by atoms with E-state index in [0.29, 0.717) is 37.2 Å². The van der Waals surface area contributed by atoms with Crippen LogP contribution in [0.25, 0.3) is 6.08 Å². The fraction of sp³-hybridized carbons (Fsp3) is 0.364. The van der Waals surface area contributed by atoms with Crippen molar-refractivity contribution in [2.24, 2.45) is 0 Å². The first-order valence-corrected chi connectivity index (χ1v) is 10.3. The Morgan fingerprint density at radius 1 is 1.03 bits per heavy atom. The lowest BCUT2D eigenvalue weighted by atomic mass is 10.0. The number of pyridine rings is 1. The van der Waals surface area contributed by atoms with Gasteiger partial charge in [0.25, 0.3) is 5.91 Å². The number of alkyl halides is 9. The fourth-order valence-electron chi connectivity index (χ4n) is 3.16. The van der Waals surface area contributed by atoms with E-state index in [4.69, 9.17) is 0 Å². The Balaban J connectivity index is 1.81. The number of halogens is 9. The third-order valence-corrected chi connectivity index (χ3v) is 5.05. The first kappa shape index (κ1) is 27.5. The van der Waals surface area contributed by atoms with Gasteiger partial charge in [-0.2, -0.15) is 39.5 Å². The van der Waals surface area contributed by atoms with Crippen molar-refractivity contribution in [3.63, 3.8) is 0 Å². The molecule has 1 saturated carbocycles. The maximum absolute atomic E-state index is 13.5. The van der Waals surface area contributed by atoms with Crippen LogP contribution in [-0.4, -0.2) is 34.4 Å². The highest BCUT2D eigenvalue weighted by Gasteiger charge is 2.42. The molecule has 1 aromatic heterocycles. The van der Waals surface area contributed by atoms with Crippen LogP contribution in [0.5, 0.6) is 0 Å². The summed E-state index contributed by atoms with van der Waals surface area (Å²) in [4.78, 5) is 15.7. The summed E-state index contributed by atoms with van der Waals surface area (Å²) in [5.41, 5.74) is -4.69. The van der Waals surface area contributed by atoms with Crippen molar-refractivity contribution in [1.29, 1.82) is 0 Å². The number of aliphatic hydroxyl groups excluding tert-OH is 1. The lowest BCUT2D eigenvalue weighted by molar-refractivity contribution is -0.164. The monoisotopic (exact) mass is 527 g/mol. The quantitative estimate of drug-likeness (QED) is 0.341. The Hall–Kier alpha value is -3.13. The lowest BCUT2D eigenvalue weighted by Gasteiger charge is -2.24. The molecule has 36 heavy (non-hydrogen) atoms. The van der Waals surface area contributed by atoms with Crippen molar-refractivity contribution < 1.29 is 49.4 Å². The summed E-state index contributed by atoms with van der Waals surface area (Å²) in [6, 6.07) is -0.0805. The minimum Gasteiger partial charge on any atom is -0.375 e. The fourth-order valence-corrected chi connectivity index (χ4v) is 3.16. The zero-order valence-corrected chi connectivity index (χ0v) is 18.0. The molecule has 5 nitrogen and oxygen atoms in total. The molecule has 1 fully saturated rings. The highest BCUT2D eigenvalue weighted by molar-refractivity contribution is 5.96. The maximum Gasteiger partial charge on any atom is 0.417 e. The van der Waals surface area contributed by atoms with Gasteiger partial charge in [-0.25, -0.2) is 0 Å². The van der Waals surface area contributed by atoms with Crippen LogP contribution >= 0.6 is 0 Å². The first-order chi connectivity index (χ1) is 16.6. The molecule has 3 rings (SSSR count). The van der Waals surface area contributed by atoms with Crippen LogP contribution in [0.15, 0.2) is 42.6 Å². The zero-order chi connectivity index (χ0) is 26.9. The van der Waals surface area contributed by atoms with Crippen molar-refractivity contribution in [2.75, 3.05) is 0 Å². The highest BCUT2D eigenvalue weighted by atomic mass is 19.4. The summed E-state index contributed by atoms with van der Waals surface area (Å²) in [7, 11) is 0.